The fourth-order valence-electron chi connectivity index (χ4n) is 2.81. The lowest BCUT2D eigenvalue weighted by atomic mass is 10.2. The third-order valence-electron chi connectivity index (χ3n) is 4.34. The SMILES string of the molecule is CN=C(NCc1ccc(-n2cccn2)cc1)NCC(C)Oc1ccccc1OC. The van der Waals surface area contributed by atoms with Gasteiger partial charge in [0.25, 0.3) is 0 Å². The van der Waals surface area contributed by atoms with E-state index in [0.717, 1.165) is 28.7 Å². The Bertz CT molecular complexity index is 907. The largest absolute Gasteiger partial charge is 0.493 e. The average molecular weight is 393 g/mol. The maximum Gasteiger partial charge on any atom is 0.191 e. The molecule has 0 spiro atoms. The molecule has 152 valence electrons. The molecule has 0 aliphatic carbocycles. The lowest BCUT2D eigenvalue weighted by molar-refractivity contribution is 0.213. The van der Waals surface area contributed by atoms with Crippen LogP contribution in [0.2, 0.25) is 0 Å². The number of aromatic nitrogens is 2. The van der Waals surface area contributed by atoms with Gasteiger partial charge in [-0.05, 0) is 42.8 Å². The lowest BCUT2D eigenvalue weighted by Gasteiger charge is -2.19. The number of para-hydroxylation sites is 2. The van der Waals surface area contributed by atoms with Crippen LogP contribution in [0.4, 0.5) is 0 Å². The summed E-state index contributed by atoms with van der Waals surface area (Å²) in [6, 6.07) is 17.8. The van der Waals surface area contributed by atoms with E-state index in [1.807, 2.05) is 60.3 Å². The summed E-state index contributed by atoms with van der Waals surface area (Å²) in [5.41, 5.74) is 2.19. The molecule has 1 aromatic heterocycles. The number of ether oxygens (including phenoxy) is 2. The molecule has 3 rings (SSSR count). The summed E-state index contributed by atoms with van der Waals surface area (Å²) in [4.78, 5) is 4.27. The predicted molar refractivity (Wildman–Crippen MR) is 115 cm³/mol. The Morgan fingerprint density at radius 1 is 1.07 bits per heavy atom. The van der Waals surface area contributed by atoms with Gasteiger partial charge in [-0.15, -0.1) is 0 Å². The lowest BCUT2D eigenvalue weighted by Crippen LogP contribution is -2.41. The van der Waals surface area contributed by atoms with E-state index >= 15 is 0 Å². The van der Waals surface area contributed by atoms with Crippen molar-refractivity contribution in [3.05, 3.63) is 72.6 Å². The van der Waals surface area contributed by atoms with Crippen LogP contribution in [0, 0.1) is 0 Å². The Kier molecular flexibility index (Phi) is 7.10. The molecule has 0 saturated heterocycles. The van der Waals surface area contributed by atoms with Crippen molar-refractivity contribution in [3.63, 3.8) is 0 Å². The molecule has 3 aromatic rings. The zero-order chi connectivity index (χ0) is 20.5. The van der Waals surface area contributed by atoms with Crippen LogP contribution in [-0.4, -0.2) is 42.5 Å². The first-order valence-electron chi connectivity index (χ1n) is 9.52. The highest BCUT2D eigenvalue weighted by molar-refractivity contribution is 5.79. The molecule has 0 bridgehead atoms. The summed E-state index contributed by atoms with van der Waals surface area (Å²) in [5.74, 6) is 2.17. The van der Waals surface area contributed by atoms with Gasteiger partial charge >= 0.3 is 0 Å². The first-order valence-corrected chi connectivity index (χ1v) is 9.52. The van der Waals surface area contributed by atoms with Crippen molar-refractivity contribution < 1.29 is 9.47 Å². The van der Waals surface area contributed by atoms with E-state index in [9.17, 15) is 0 Å². The molecule has 0 radical (unpaired) electrons. The zero-order valence-corrected chi connectivity index (χ0v) is 17.0. The molecule has 0 aliphatic heterocycles. The van der Waals surface area contributed by atoms with Gasteiger partial charge in [0.15, 0.2) is 17.5 Å². The smallest absolute Gasteiger partial charge is 0.191 e. The van der Waals surface area contributed by atoms with Gasteiger partial charge in [0.05, 0.1) is 19.3 Å². The topological polar surface area (TPSA) is 72.7 Å². The molecule has 2 N–H and O–H groups in total. The zero-order valence-electron chi connectivity index (χ0n) is 17.0. The first-order chi connectivity index (χ1) is 14.2. The van der Waals surface area contributed by atoms with E-state index in [1.165, 1.54) is 0 Å². The maximum atomic E-state index is 5.96. The number of guanidine groups is 1. The van der Waals surface area contributed by atoms with Crippen LogP contribution >= 0.6 is 0 Å². The van der Waals surface area contributed by atoms with Crippen LogP contribution < -0.4 is 20.1 Å². The average Bonchev–Trinajstić information content (AvgIpc) is 3.29. The van der Waals surface area contributed by atoms with Gasteiger partial charge in [-0.25, -0.2) is 4.68 Å². The maximum absolute atomic E-state index is 5.96. The molecule has 0 aliphatic rings. The van der Waals surface area contributed by atoms with Gasteiger partial charge in [-0.1, -0.05) is 24.3 Å². The second-order valence-electron chi connectivity index (χ2n) is 6.50. The number of nitrogens with zero attached hydrogens (tertiary/aromatic N) is 3. The number of aliphatic imine (C=N–C) groups is 1. The van der Waals surface area contributed by atoms with E-state index < -0.39 is 0 Å². The van der Waals surface area contributed by atoms with Gasteiger partial charge < -0.3 is 20.1 Å². The van der Waals surface area contributed by atoms with Gasteiger partial charge in [0.2, 0.25) is 0 Å². The summed E-state index contributed by atoms with van der Waals surface area (Å²) < 4.78 is 13.1. The fourth-order valence-corrected chi connectivity index (χ4v) is 2.81. The van der Waals surface area contributed by atoms with E-state index in [0.29, 0.717) is 13.1 Å². The highest BCUT2D eigenvalue weighted by Crippen LogP contribution is 2.26. The Balaban J connectivity index is 1.47. The summed E-state index contributed by atoms with van der Waals surface area (Å²) in [5, 5.41) is 10.8. The van der Waals surface area contributed by atoms with Gasteiger partial charge in [-0.2, -0.15) is 5.10 Å². The predicted octanol–water partition coefficient (Wildman–Crippen LogP) is 3.01. The van der Waals surface area contributed by atoms with Crippen LogP contribution in [0.15, 0.2) is 72.0 Å². The van der Waals surface area contributed by atoms with Crippen LogP contribution in [0.1, 0.15) is 12.5 Å². The van der Waals surface area contributed by atoms with E-state index in [4.69, 9.17) is 9.47 Å². The molecule has 0 saturated carbocycles. The minimum Gasteiger partial charge on any atom is -0.493 e. The standard InChI is InChI=1S/C22H27N5O2/c1-17(29-21-8-5-4-7-20(21)28-3)15-24-22(23-2)25-16-18-9-11-19(12-10-18)27-14-6-13-26-27/h4-14,17H,15-16H2,1-3H3,(H2,23,24,25). The van der Waals surface area contributed by atoms with Crippen molar-refractivity contribution in [2.45, 2.75) is 19.6 Å². The quantitative estimate of drug-likeness (QED) is 0.455. The Morgan fingerprint density at radius 3 is 2.48 bits per heavy atom. The third-order valence-corrected chi connectivity index (χ3v) is 4.34. The highest BCUT2D eigenvalue weighted by atomic mass is 16.5. The third kappa shape index (κ3) is 5.75. The number of rotatable bonds is 8. The second-order valence-corrected chi connectivity index (χ2v) is 6.50. The molecular formula is C22H27N5O2. The number of methoxy groups -OCH3 is 1. The molecule has 29 heavy (non-hydrogen) atoms. The second kappa shape index (κ2) is 10.2. The minimum atomic E-state index is -0.0572. The van der Waals surface area contributed by atoms with Crippen molar-refractivity contribution in [1.82, 2.24) is 20.4 Å². The molecule has 1 atom stereocenters. The molecule has 1 heterocycles. The van der Waals surface area contributed by atoms with Gasteiger partial charge in [-0.3, -0.25) is 4.99 Å². The van der Waals surface area contributed by atoms with Crippen molar-refractivity contribution in [3.8, 4) is 17.2 Å². The van der Waals surface area contributed by atoms with Crippen LogP contribution in [0.25, 0.3) is 5.69 Å². The molecular weight excluding hydrogens is 366 g/mol. The minimum absolute atomic E-state index is 0.0572. The molecule has 0 amide bonds. The van der Waals surface area contributed by atoms with Crippen molar-refractivity contribution in [2.75, 3.05) is 20.7 Å². The molecule has 2 aromatic carbocycles. The van der Waals surface area contributed by atoms with E-state index in [-0.39, 0.29) is 6.10 Å². The van der Waals surface area contributed by atoms with Gasteiger partial charge in [0.1, 0.15) is 6.10 Å². The van der Waals surface area contributed by atoms with Crippen molar-refractivity contribution in [1.29, 1.82) is 0 Å². The van der Waals surface area contributed by atoms with Crippen LogP contribution in [0.5, 0.6) is 11.5 Å². The normalized spacial score (nSPS) is 12.3. The van der Waals surface area contributed by atoms with E-state index in [2.05, 4.69) is 32.9 Å². The summed E-state index contributed by atoms with van der Waals surface area (Å²) in [6.07, 6.45) is 3.63. The number of benzene rings is 2. The Hall–Kier alpha value is -3.48. The highest BCUT2D eigenvalue weighted by Gasteiger charge is 2.09. The monoisotopic (exact) mass is 393 g/mol. The Labute approximate surface area is 171 Å². The van der Waals surface area contributed by atoms with E-state index in [1.54, 1.807) is 20.4 Å². The molecule has 1 unspecified atom stereocenters. The van der Waals surface area contributed by atoms with Crippen molar-refractivity contribution in [2.24, 2.45) is 4.99 Å². The fraction of sp³-hybridized carbons (Fsp3) is 0.273. The van der Waals surface area contributed by atoms with Crippen LogP contribution in [-0.2, 0) is 6.54 Å². The Morgan fingerprint density at radius 2 is 1.83 bits per heavy atom. The molecule has 0 fully saturated rings. The number of hydrogen-bond acceptors (Lipinski definition) is 4. The van der Waals surface area contributed by atoms with Gasteiger partial charge in [0, 0.05) is 26.0 Å². The number of nitrogens with one attached hydrogen (secondary N) is 2. The molecule has 7 nitrogen and oxygen atoms in total. The first kappa shape index (κ1) is 20.3. The molecule has 7 heteroatoms. The van der Waals surface area contributed by atoms with Crippen LogP contribution in [0.3, 0.4) is 0 Å². The summed E-state index contributed by atoms with van der Waals surface area (Å²) in [7, 11) is 3.39. The summed E-state index contributed by atoms with van der Waals surface area (Å²) >= 11 is 0. The number of hydrogen-bond donors (Lipinski definition) is 2. The van der Waals surface area contributed by atoms with Crippen molar-refractivity contribution >= 4 is 5.96 Å². The summed E-state index contributed by atoms with van der Waals surface area (Å²) in [6.45, 7) is 3.28.